The van der Waals surface area contributed by atoms with Crippen molar-refractivity contribution in [2.24, 2.45) is 5.92 Å². The Labute approximate surface area is 219 Å². The monoisotopic (exact) mass is 522 g/mol. The fourth-order valence-electron chi connectivity index (χ4n) is 4.80. The van der Waals surface area contributed by atoms with E-state index in [0.29, 0.717) is 48.5 Å². The Kier molecular flexibility index (Phi) is 8.19. The predicted molar refractivity (Wildman–Crippen MR) is 135 cm³/mol. The minimum absolute atomic E-state index is 0.0914. The third kappa shape index (κ3) is 5.90. The van der Waals surface area contributed by atoms with Crippen LogP contribution in [0.5, 0.6) is 0 Å². The zero-order valence-corrected chi connectivity index (χ0v) is 21.2. The summed E-state index contributed by atoms with van der Waals surface area (Å²) in [6.07, 6.45) is 5.16. The third-order valence-electron chi connectivity index (χ3n) is 7.03. The Morgan fingerprint density at radius 3 is 2.50 bits per heavy atom. The molecule has 0 atom stereocenters. The standard InChI is InChI=1S/C28H28F2N4O4/c1-17-13-24(35)22(18(2)27(17)37)5-6-26(36)33-11-8-19(9-12-33)28(38)34(25-7-10-31-16-32-25)15-20-3-4-21(29)14-23(20)30/h3-4,7,10,13-14,16,19H,5-6,8-9,11-12,15H2,1-2H3. The van der Waals surface area contributed by atoms with Crippen molar-refractivity contribution in [3.63, 3.8) is 0 Å². The first-order valence-corrected chi connectivity index (χ1v) is 12.4. The number of aromatic nitrogens is 2. The molecule has 1 aliphatic heterocycles. The topological polar surface area (TPSA) is 101 Å². The zero-order chi connectivity index (χ0) is 27.4. The maximum absolute atomic E-state index is 14.4. The molecule has 1 saturated heterocycles. The van der Waals surface area contributed by atoms with Gasteiger partial charge in [-0.2, -0.15) is 0 Å². The Balaban J connectivity index is 1.39. The van der Waals surface area contributed by atoms with Gasteiger partial charge in [0.15, 0.2) is 11.6 Å². The quantitative estimate of drug-likeness (QED) is 0.514. The molecule has 1 fully saturated rings. The van der Waals surface area contributed by atoms with Crippen molar-refractivity contribution in [1.82, 2.24) is 14.9 Å². The molecular formula is C28H28F2N4O4. The second kappa shape index (κ2) is 11.5. The van der Waals surface area contributed by atoms with Crippen LogP contribution >= 0.6 is 0 Å². The maximum Gasteiger partial charge on any atom is 0.231 e. The molecule has 4 rings (SSSR count). The molecule has 0 N–H and O–H groups in total. The second-order valence-corrected chi connectivity index (χ2v) is 9.51. The van der Waals surface area contributed by atoms with Crippen LogP contribution in [0, 0.1) is 17.6 Å². The first-order chi connectivity index (χ1) is 18.2. The van der Waals surface area contributed by atoms with Crippen molar-refractivity contribution in [1.29, 1.82) is 0 Å². The first kappa shape index (κ1) is 27.0. The number of nitrogens with zero attached hydrogens (tertiary/aromatic N) is 4. The smallest absolute Gasteiger partial charge is 0.231 e. The van der Waals surface area contributed by atoms with Gasteiger partial charge >= 0.3 is 0 Å². The molecule has 198 valence electrons. The van der Waals surface area contributed by atoms with E-state index in [1.54, 1.807) is 24.8 Å². The molecule has 0 bridgehead atoms. The molecule has 0 spiro atoms. The van der Waals surface area contributed by atoms with Crippen molar-refractivity contribution < 1.29 is 28.0 Å². The van der Waals surface area contributed by atoms with Gasteiger partial charge in [-0.1, -0.05) is 6.07 Å². The van der Waals surface area contributed by atoms with E-state index in [1.807, 2.05) is 0 Å². The molecule has 1 aromatic heterocycles. The van der Waals surface area contributed by atoms with Crippen molar-refractivity contribution in [2.75, 3.05) is 18.0 Å². The summed E-state index contributed by atoms with van der Waals surface area (Å²) in [5.41, 5.74) is 1.30. The summed E-state index contributed by atoms with van der Waals surface area (Å²) < 4.78 is 27.7. The van der Waals surface area contributed by atoms with Crippen LogP contribution in [0.1, 0.15) is 45.1 Å². The number of anilines is 1. The minimum atomic E-state index is -0.758. The predicted octanol–water partition coefficient (Wildman–Crippen LogP) is 3.72. The molecule has 2 aliphatic rings. The van der Waals surface area contributed by atoms with Crippen LogP contribution < -0.4 is 4.90 Å². The summed E-state index contributed by atoms with van der Waals surface area (Å²) in [5, 5.41) is 0. The minimum Gasteiger partial charge on any atom is -0.343 e. The molecule has 10 heteroatoms. The lowest BCUT2D eigenvalue weighted by atomic mass is 9.88. The highest BCUT2D eigenvalue weighted by atomic mass is 19.1. The van der Waals surface area contributed by atoms with E-state index in [-0.39, 0.29) is 48.3 Å². The average Bonchev–Trinajstić information content (AvgIpc) is 2.91. The number of ketones is 2. The molecular weight excluding hydrogens is 494 g/mol. The van der Waals surface area contributed by atoms with Crippen molar-refractivity contribution in [3.05, 3.63) is 76.8 Å². The number of hydrogen-bond acceptors (Lipinski definition) is 6. The summed E-state index contributed by atoms with van der Waals surface area (Å²) in [4.78, 5) is 61.9. The normalized spacial score (nSPS) is 16.5. The molecule has 38 heavy (non-hydrogen) atoms. The summed E-state index contributed by atoms with van der Waals surface area (Å²) in [6, 6.07) is 4.75. The SMILES string of the molecule is CC1=CC(=O)C(CCC(=O)N2CCC(C(=O)N(Cc3ccc(F)cc3F)c3ccncn3)CC2)=C(C)C1=O. The number of piperidine rings is 1. The molecule has 0 saturated carbocycles. The van der Waals surface area contributed by atoms with Crippen LogP contribution in [-0.2, 0) is 25.7 Å². The molecule has 2 amide bonds. The highest BCUT2D eigenvalue weighted by Gasteiger charge is 2.32. The van der Waals surface area contributed by atoms with Crippen LogP contribution in [0.25, 0.3) is 0 Å². The second-order valence-electron chi connectivity index (χ2n) is 9.51. The summed E-state index contributed by atoms with van der Waals surface area (Å²) >= 11 is 0. The highest BCUT2D eigenvalue weighted by Crippen LogP contribution is 2.27. The molecule has 8 nitrogen and oxygen atoms in total. The van der Waals surface area contributed by atoms with Gasteiger partial charge < -0.3 is 4.90 Å². The molecule has 2 aromatic rings. The van der Waals surface area contributed by atoms with E-state index >= 15 is 0 Å². The van der Waals surface area contributed by atoms with Crippen molar-refractivity contribution in [2.45, 2.75) is 46.1 Å². The van der Waals surface area contributed by atoms with Crippen LogP contribution in [0.15, 0.2) is 59.6 Å². The van der Waals surface area contributed by atoms with Crippen molar-refractivity contribution in [3.8, 4) is 0 Å². The lowest BCUT2D eigenvalue weighted by Gasteiger charge is -2.34. The van der Waals surface area contributed by atoms with Gasteiger partial charge in [-0.15, -0.1) is 0 Å². The van der Waals surface area contributed by atoms with Gasteiger partial charge in [0.25, 0.3) is 0 Å². The average molecular weight is 523 g/mol. The Morgan fingerprint density at radius 1 is 1.11 bits per heavy atom. The van der Waals surface area contributed by atoms with Crippen LogP contribution in [0.4, 0.5) is 14.6 Å². The molecule has 1 aliphatic carbocycles. The number of hydrogen-bond donors (Lipinski definition) is 0. The summed E-state index contributed by atoms with van der Waals surface area (Å²) in [7, 11) is 0. The van der Waals surface area contributed by atoms with E-state index in [1.165, 1.54) is 29.6 Å². The largest absolute Gasteiger partial charge is 0.343 e. The summed E-state index contributed by atoms with van der Waals surface area (Å²) in [6.45, 7) is 3.77. The van der Waals surface area contributed by atoms with Crippen LogP contribution in [-0.4, -0.2) is 51.3 Å². The van der Waals surface area contributed by atoms with Gasteiger partial charge in [0.1, 0.15) is 23.8 Å². The van der Waals surface area contributed by atoms with E-state index in [4.69, 9.17) is 0 Å². The van der Waals surface area contributed by atoms with E-state index in [0.717, 1.165) is 12.1 Å². The fourth-order valence-corrected chi connectivity index (χ4v) is 4.80. The lowest BCUT2D eigenvalue weighted by molar-refractivity contribution is -0.135. The lowest BCUT2D eigenvalue weighted by Crippen LogP contribution is -2.44. The fraction of sp³-hybridized carbons (Fsp3) is 0.357. The number of halogens is 2. The summed E-state index contributed by atoms with van der Waals surface area (Å²) in [5.74, 6) is -2.43. The number of amides is 2. The van der Waals surface area contributed by atoms with Crippen LogP contribution in [0.3, 0.4) is 0 Å². The first-order valence-electron chi connectivity index (χ1n) is 12.4. The number of allylic oxidation sites excluding steroid dienone is 4. The van der Waals surface area contributed by atoms with E-state index in [2.05, 4.69) is 9.97 Å². The molecule has 1 aromatic carbocycles. The Bertz CT molecular complexity index is 1330. The Hall–Kier alpha value is -4.08. The van der Waals surface area contributed by atoms with Crippen molar-refractivity contribution >= 4 is 29.2 Å². The van der Waals surface area contributed by atoms with E-state index in [9.17, 15) is 28.0 Å². The van der Waals surface area contributed by atoms with Gasteiger partial charge in [-0.25, -0.2) is 18.7 Å². The van der Waals surface area contributed by atoms with Crippen LogP contribution in [0.2, 0.25) is 0 Å². The zero-order valence-electron chi connectivity index (χ0n) is 21.2. The highest BCUT2D eigenvalue weighted by molar-refractivity contribution is 6.22. The van der Waals surface area contributed by atoms with Gasteiger partial charge in [-0.05, 0) is 51.3 Å². The molecule has 0 radical (unpaired) electrons. The maximum atomic E-state index is 14.4. The Morgan fingerprint density at radius 2 is 1.84 bits per heavy atom. The number of benzene rings is 1. The van der Waals surface area contributed by atoms with Gasteiger partial charge in [-0.3, -0.25) is 24.1 Å². The number of rotatable bonds is 7. The number of Topliss-reactive ketones (excluding diaryl/α,β-unsaturated/α-hetero) is 1. The van der Waals surface area contributed by atoms with E-state index < -0.39 is 17.6 Å². The van der Waals surface area contributed by atoms with Gasteiger partial charge in [0.05, 0.1) is 6.54 Å². The van der Waals surface area contributed by atoms with Gasteiger partial charge in [0.2, 0.25) is 11.8 Å². The molecule has 2 heterocycles. The van der Waals surface area contributed by atoms with Gasteiger partial charge in [0, 0.05) is 60.0 Å². The number of likely N-dealkylation sites (tertiary alicyclic amines) is 1. The molecule has 0 unspecified atom stereocenters. The number of carbonyl (C=O) groups is 4. The number of carbonyl (C=O) groups excluding carboxylic acids is 4. The third-order valence-corrected chi connectivity index (χ3v) is 7.03.